The third-order valence-electron chi connectivity index (χ3n) is 4.70. The van der Waals surface area contributed by atoms with Crippen molar-refractivity contribution in [3.63, 3.8) is 0 Å². The number of halogens is 1. The Labute approximate surface area is 146 Å². The van der Waals surface area contributed by atoms with Crippen LogP contribution in [0.2, 0.25) is 0 Å². The highest BCUT2D eigenvalue weighted by Gasteiger charge is 2.49. The Bertz CT molecular complexity index is 691. The Kier molecular flexibility index (Phi) is 4.57. The van der Waals surface area contributed by atoms with E-state index >= 15 is 0 Å². The topological polar surface area (TPSA) is 25.4 Å². The van der Waals surface area contributed by atoms with Crippen molar-refractivity contribution in [3.8, 4) is 0 Å². The van der Waals surface area contributed by atoms with Crippen molar-refractivity contribution in [3.05, 3.63) is 65.7 Å². The number of rotatable bonds is 5. The number of hydrogen-bond donors (Lipinski definition) is 0. The van der Waals surface area contributed by atoms with Gasteiger partial charge in [-0.3, -0.25) is 9.88 Å². The van der Waals surface area contributed by atoms with Crippen LogP contribution in [0.4, 0.5) is 4.39 Å². The lowest BCUT2D eigenvalue weighted by molar-refractivity contribution is 0.0263. The van der Waals surface area contributed by atoms with Crippen molar-refractivity contribution in [1.29, 1.82) is 0 Å². The maximum absolute atomic E-state index is 13.3. The minimum Gasteiger partial charge on any atom is -0.373 e. The number of nitrogens with zero attached hydrogens (tertiary/aromatic N) is 2. The van der Waals surface area contributed by atoms with E-state index in [2.05, 4.69) is 16.0 Å². The Morgan fingerprint density at radius 2 is 2.12 bits per heavy atom. The molecule has 1 aromatic carbocycles. The largest absolute Gasteiger partial charge is 0.373 e. The van der Waals surface area contributed by atoms with Crippen molar-refractivity contribution < 1.29 is 9.13 Å². The highest BCUT2D eigenvalue weighted by Crippen LogP contribution is 2.46. The zero-order chi connectivity index (χ0) is 16.4. The highest BCUT2D eigenvalue weighted by atomic mass is 32.2. The standard InChI is InChI=1S/C19H21FN2OS/c20-17-5-1-3-15(7-17)10-22-13-19(14-22)8-18(12-24-19)23-11-16-4-2-6-21-9-16/h1-7,9,18H,8,10-14H2. The molecule has 126 valence electrons. The van der Waals surface area contributed by atoms with Crippen LogP contribution in [-0.4, -0.2) is 39.6 Å². The molecule has 2 saturated heterocycles. The van der Waals surface area contributed by atoms with Gasteiger partial charge in [-0.15, -0.1) is 11.8 Å². The first-order valence-corrected chi connectivity index (χ1v) is 9.31. The first-order chi connectivity index (χ1) is 11.7. The first-order valence-electron chi connectivity index (χ1n) is 8.32. The van der Waals surface area contributed by atoms with Crippen LogP contribution in [0.1, 0.15) is 17.5 Å². The van der Waals surface area contributed by atoms with Gasteiger partial charge in [0.25, 0.3) is 0 Å². The summed E-state index contributed by atoms with van der Waals surface area (Å²) < 4.78 is 19.7. The van der Waals surface area contributed by atoms with Crippen LogP contribution in [0.15, 0.2) is 48.8 Å². The molecule has 1 atom stereocenters. The van der Waals surface area contributed by atoms with Crippen LogP contribution in [0, 0.1) is 5.82 Å². The predicted molar refractivity (Wildman–Crippen MR) is 94.3 cm³/mol. The summed E-state index contributed by atoms with van der Waals surface area (Å²) >= 11 is 2.04. The van der Waals surface area contributed by atoms with Crippen molar-refractivity contribution in [2.45, 2.75) is 30.4 Å². The van der Waals surface area contributed by atoms with Gasteiger partial charge in [0, 0.05) is 42.5 Å². The average molecular weight is 344 g/mol. The van der Waals surface area contributed by atoms with Gasteiger partial charge in [-0.2, -0.15) is 0 Å². The number of pyridine rings is 1. The smallest absolute Gasteiger partial charge is 0.123 e. The van der Waals surface area contributed by atoms with E-state index in [4.69, 9.17) is 4.74 Å². The lowest BCUT2D eigenvalue weighted by atomic mass is 9.92. The van der Waals surface area contributed by atoms with E-state index in [1.54, 1.807) is 18.3 Å². The number of benzene rings is 1. The zero-order valence-electron chi connectivity index (χ0n) is 13.5. The van der Waals surface area contributed by atoms with Gasteiger partial charge >= 0.3 is 0 Å². The molecule has 0 bridgehead atoms. The van der Waals surface area contributed by atoms with Crippen molar-refractivity contribution in [2.24, 2.45) is 0 Å². The SMILES string of the molecule is Fc1cccc(CN2CC3(CC(OCc4cccnc4)CS3)C2)c1. The molecule has 5 heteroatoms. The average Bonchev–Trinajstić information content (AvgIpc) is 2.98. The third-order valence-corrected chi connectivity index (χ3v) is 6.28. The molecule has 0 amide bonds. The van der Waals surface area contributed by atoms with Crippen LogP contribution in [0.5, 0.6) is 0 Å². The van der Waals surface area contributed by atoms with Crippen LogP contribution in [0.25, 0.3) is 0 Å². The number of hydrogen-bond acceptors (Lipinski definition) is 4. The van der Waals surface area contributed by atoms with E-state index in [9.17, 15) is 4.39 Å². The van der Waals surface area contributed by atoms with E-state index in [-0.39, 0.29) is 5.82 Å². The molecule has 3 nitrogen and oxygen atoms in total. The number of likely N-dealkylation sites (tertiary alicyclic amines) is 1. The van der Waals surface area contributed by atoms with Crippen LogP contribution in [-0.2, 0) is 17.9 Å². The monoisotopic (exact) mass is 344 g/mol. The molecule has 1 aromatic heterocycles. The molecule has 0 N–H and O–H groups in total. The fourth-order valence-corrected chi connectivity index (χ4v) is 5.21. The van der Waals surface area contributed by atoms with Crippen LogP contribution in [0.3, 0.4) is 0 Å². The van der Waals surface area contributed by atoms with E-state index in [0.29, 0.717) is 17.5 Å². The summed E-state index contributed by atoms with van der Waals surface area (Å²) in [5.41, 5.74) is 2.18. The normalized spacial score (nSPS) is 22.6. The van der Waals surface area contributed by atoms with Crippen molar-refractivity contribution in [2.75, 3.05) is 18.8 Å². The Morgan fingerprint density at radius 1 is 1.25 bits per heavy atom. The van der Waals surface area contributed by atoms with E-state index in [1.165, 1.54) is 6.07 Å². The molecule has 2 aromatic rings. The second kappa shape index (κ2) is 6.82. The number of thioether (sulfide) groups is 1. The number of aromatic nitrogens is 1. The van der Waals surface area contributed by atoms with Gasteiger partial charge in [0.1, 0.15) is 5.82 Å². The van der Waals surface area contributed by atoms with Gasteiger partial charge in [-0.25, -0.2) is 4.39 Å². The zero-order valence-corrected chi connectivity index (χ0v) is 14.3. The fraction of sp³-hybridized carbons (Fsp3) is 0.421. The quantitative estimate of drug-likeness (QED) is 0.829. The number of ether oxygens (including phenoxy) is 1. The summed E-state index contributed by atoms with van der Waals surface area (Å²) in [5, 5.41) is 0. The maximum Gasteiger partial charge on any atom is 0.123 e. The van der Waals surface area contributed by atoms with E-state index in [0.717, 1.165) is 42.9 Å². The summed E-state index contributed by atoms with van der Waals surface area (Å²) in [5.74, 6) is 0.912. The molecule has 0 aliphatic carbocycles. The molecular weight excluding hydrogens is 323 g/mol. The second-order valence-electron chi connectivity index (χ2n) is 6.77. The van der Waals surface area contributed by atoms with Gasteiger partial charge in [-0.05, 0) is 35.7 Å². The van der Waals surface area contributed by atoms with Crippen molar-refractivity contribution in [1.82, 2.24) is 9.88 Å². The van der Waals surface area contributed by atoms with Crippen LogP contribution < -0.4 is 0 Å². The van der Waals surface area contributed by atoms with Crippen LogP contribution >= 0.6 is 11.8 Å². The van der Waals surface area contributed by atoms with E-state index < -0.39 is 0 Å². The highest BCUT2D eigenvalue weighted by molar-refractivity contribution is 8.01. The third kappa shape index (κ3) is 3.63. The molecule has 0 saturated carbocycles. The summed E-state index contributed by atoms with van der Waals surface area (Å²) in [7, 11) is 0. The lowest BCUT2D eigenvalue weighted by Gasteiger charge is -2.47. The second-order valence-corrected chi connectivity index (χ2v) is 8.26. The summed E-state index contributed by atoms with van der Waals surface area (Å²) in [4.78, 5) is 6.52. The van der Waals surface area contributed by atoms with Gasteiger partial charge < -0.3 is 4.74 Å². The molecule has 0 radical (unpaired) electrons. The predicted octanol–water partition coefficient (Wildman–Crippen LogP) is 3.50. The minimum absolute atomic E-state index is 0.151. The summed E-state index contributed by atoms with van der Waals surface area (Å²) in [6, 6.07) is 10.9. The molecule has 2 aliphatic rings. The Hall–Kier alpha value is -1.43. The minimum atomic E-state index is -0.151. The molecule has 1 spiro atoms. The van der Waals surface area contributed by atoms with Gasteiger partial charge in [0.15, 0.2) is 0 Å². The fourth-order valence-electron chi connectivity index (χ4n) is 3.60. The molecule has 2 aliphatic heterocycles. The first kappa shape index (κ1) is 16.1. The Balaban J connectivity index is 1.24. The molecule has 3 heterocycles. The molecular formula is C19H21FN2OS. The molecule has 4 rings (SSSR count). The summed E-state index contributed by atoms with van der Waals surface area (Å²) in [6.45, 7) is 3.62. The van der Waals surface area contributed by atoms with Gasteiger partial charge in [0.05, 0.1) is 12.7 Å². The van der Waals surface area contributed by atoms with Gasteiger partial charge in [-0.1, -0.05) is 18.2 Å². The summed E-state index contributed by atoms with van der Waals surface area (Å²) in [6.07, 6.45) is 5.08. The maximum atomic E-state index is 13.3. The Morgan fingerprint density at radius 3 is 2.92 bits per heavy atom. The van der Waals surface area contributed by atoms with Crippen molar-refractivity contribution >= 4 is 11.8 Å². The molecule has 1 unspecified atom stereocenters. The lowest BCUT2D eigenvalue weighted by Crippen LogP contribution is -2.58. The van der Waals surface area contributed by atoms with Gasteiger partial charge in [0.2, 0.25) is 0 Å². The molecule has 2 fully saturated rings. The molecule has 24 heavy (non-hydrogen) atoms. The van der Waals surface area contributed by atoms with E-state index in [1.807, 2.05) is 30.1 Å².